The molecule has 0 radical (unpaired) electrons. The minimum Gasteiger partial charge on any atom is -0.454 e. The van der Waals surface area contributed by atoms with Crippen molar-refractivity contribution in [1.82, 2.24) is 13.4 Å². The Hall–Kier alpha value is -3.25. The average Bonchev–Trinajstić information content (AvgIpc) is 2.79. The van der Waals surface area contributed by atoms with Gasteiger partial charge in [0.05, 0.1) is 10.5 Å². The normalized spacial score (nSPS) is 19.1. The number of hydrogen-bond acceptors (Lipinski definition) is 8. The molecule has 34 heavy (non-hydrogen) atoms. The Morgan fingerprint density at radius 1 is 1.03 bits per heavy atom. The fourth-order valence-electron chi connectivity index (χ4n) is 4.12. The topological polar surface area (TPSA) is 151 Å². The van der Waals surface area contributed by atoms with Crippen LogP contribution in [0.3, 0.4) is 0 Å². The van der Waals surface area contributed by atoms with Crippen LogP contribution in [0.15, 0.2) is 38.8 Å². The van der Waals surface area contributed by atoms with Gasteiger partial charge in [-0.05, 0) is 42.5 Å². The summed E-state index contributed by atoms with van der Waals surface area (Å²) in [6.45, 7) is 4.12. The quantitative estimate of drug-likeness (QED) is 0.449. The summed E-state index contributed by atoms with van der Waals surface area (Å²) < 4.78 is 34.1. The van der Waals surface area contributed by atoms with Crippen LogP contribution in [0.4, 0.5) is 5.82 Å². The highest BCUT2D eigenvalue weighted by molar-refractivity contribution is 7.89. The third-order valence-electron chi connectivity index (χ3n) is 5.89. The molecular weight excluding hydrogens is 464 g/mol. The van der Waals surface area contributed by atoms with Gasteiger partial charge in [-0.25, -0.2) is 18.0 Å². The van der Waals surface area contributed by atoms with Crippen molar-refractivity contribution in [3.63, 3.8) is 0 Å². The molecule has 0 saturated carbocycles. The summed E-state index contributed by atoms with van der Waals surface area (Å²) in [6.07, 6.45) is 0.965. The summed E-state index contributed by atoms with van der Waals surface area (Å²) in [5.41, 5.74) is 3.73. The van der Waals surface area contributed by atoms with Crippen LogP contribution in [0.25, 0.3) is 0 Å². The molecule has 0 aliphatic carbocycles. The standard InChI is InChI=1S/C22H28N4O7S/c1-13-9-14(2)11-26(10-13)34(31,32)16-7-5-15(6-8-16)21(29)33-12-17(27)18-19(23)24(3)22(30)25(4)20(18)28/h5-8,13-14H,9-12,23H2,1-4H3. The summed E-state index contributed by atoms with van der Waals surface area (Å²) in [7, 11) is -1.20. The number of aromatic nitrogens is 2. The lowest BCUT2D eigenvalue weighted by atomic mass is 9.94. The lowest BCUT2D eigenvalue weighted by molar-refractivity contribution is 0.0474. The Labute approximate surface area is 196 Å². The van der Waals surface area contributed by atoms with Gasteiger partial charge in [0.1, 0.15) is 11.4 Å². The maximum absolute atomic E-state index is 13.0. The average molecular weight is 493 g/mol. The van der Waals surface area contributed by atoms with Crippen molar-refractivity contribution >= 4 is 27.6 Å². The van der Waals surface area contributed by atoms with Crippen LogP contribution in [0, 0.1) is 11.8 Å². The van der Waals surface area contributed by atoms with Crippen LogP contribution in [0.5, 0.6) is 0 Å². The fraction of sp³-hybridized carbons (Fsp3) is 0.455. The molecule has 1 saturated heterocycles. The van der Waals surface area contributed by atoms with Gasteiger partial charge in [-0.15, -0.1) is 0 Å². The van der Waals surface area contributed by atoms with Crippen molar-refractivity contribution in [2.45, 2.75) is 25.2 Å². The van der Waals surface area contributed by atoms with Crippen molar-refractivity contribution in [2.24, 2.45) is 25.9 Å². The van der Waals surface area contributed by atoms with E-state index in [1.165, 1.54) is 42.7 Å². The first-order valence-electron chi connectivity index (χ1n) is 10.7. The molecule has 184 valence electrons. The number of piperidine rings is 1. The minimum absolute atomic E-state index is 0.0356. The number of hydrogen-bond donors (Lipinski definition) is 1. The van der Waals surface area contributed by atoms with Gasteiger partial charge in [0.15, 0.2) is 6.61 Å². The van der Waals surface area contributed by atoms with Crippen LogP contribution >= 0.6 is 0 Å². The molecule has 0 amide bonds. The van der Waals surface area contributed by atoms with Crippen LogP contribution < -0.4 is 17.0 Å². The zero-order valence-corrected chi connectivity index (χ0v) is 20.3. The van der Waals surface area contributed by atoms with Crippen molar-refractivity contribution in [1.29, 1.82) is 0 Å². The van der Waals surface area contributed by atoms with Gasteiger partial charge in [-0.3, -0.25) is 18.7 Å². The largest absolute Gasteiger partial charge is 0.454 e. The van der Waals surface area contributed by atoms with Crippen LogP contribution in [-0.4, -0.2) is 53.3 Å². The number of carbonyl (C=O) groups excluding carboxylic acids is 2. The monoisotopic (exact) mass is 492 g/mol. The van der Waals surface area contributed by atoms with Gasteiger partial charge in [0.2, 0.25) is 15.8 Å². The van der Waals surface area contributed by atoms with Gasteiger partial charge in [-0.1, -0.05) is 13.8 Å². The molecule has 1 aliphatic heterocycles. The van der Waals surface area contributed by atoms with Gasteiger partial charge in [-0.2, -0.15) is 4.31 Å². The number of rotatable bonds is 6. The van der Waals surface area contributed by atoms with Crippen LogP contribution in [-0.2, 0) is 28.9 Å². The lowest BCUT2D eigenvalue weighted by Gasteiger charge is -2.34. The molecule has 3 rings (SSSR count). The highest BCUT2D eigenvalue weighted by atomic mass is 32.2. The maximum Gasteiger partial charge on any atom is 0.338 e. The van der Waals surface area contributed by atoms with E-state index in [0.717, 1.165) is 15.6 Å². The zero-order chi connectivity index (χ0) is 25.4. The third kappa shape index (κ3) is 4.82. The molecular formula is C22H28N4O7S. The molecule has 2 atom stereocenters. The van der Waals surface area contributed by atoms with Crippen molar-refractivity contribution < 1.29 is 22.7 Å². The number of ether oxygens (including phenoxy) is 1. The van der Waals surface area contributed by atoms with E-state index >= 15 is 0 Å². The van der Waals surface area contributed by atoms with Gasteiger partial charge in [0.25, 0.3) is 5.56 Å². The summed E-state index contributed by atoms with van der Waals surface area (Å²) in [4.78, 5) is 49.1. The van der Waals surface area contributed by atoms with E-state index in [4.69, 9.17) is 10.5 Å². The van der Waals surface area contributed by atoms with E-state index in [1.807, 2.05) is 13.8 Å². The van der Waals surface area contributed by atoms with Crippen LogP contribution in [0.2, 0.25) is 0 Å². The number of nitrogen functional groups attached to an aromatic ring is 1. The number of nitrogens with zero attached hydrogens (tertiary/aromatic N) is 3. The summed E-state index contributed by atoms with van der Waals surface area (Å²) >= 11 is 0. The molecule has 11 nitrogen and oxygen atoms in total. The van der Waals surface area contributed by atoms with Crippen molar-refractivity contribution in [3.05, 3.63) is 56.2 Å². The Morgan fingerprint density at radius 3 is 2.15 bits per heavy atom. The molecule has 12 heteroatoms. The number of anilines is 1. The number of nitrogens with two attached hydrogens (primary N) is 1. The predicted octanol–water partition coefficient (Wildman–Crippen LogP) is 0.373. The third-order valence-corrected chi connectivity index (χ3v) is 7.73. The van der Waals surface area contributed by atoms with Crippen LogP contribution in [0.1, 0.15) is 41.0 Å². The number of Topliss-reactive ketones (excluding diaryl/α,β-unsaturated/α-hetero) is 1. The second kappa shape index (κ2) is 9.55. The molecule has 1 aromatic carbocycles. The molecule has 1 fully saturated rings. The first-order valence-corrected chi connectivity index (χ1v) is 12.1. The number of ketones is 1. The Bertz CT molecular complexity index is 1330. The first kappa shape index (κ1) is 25.4. The summed E-state index contributed by atoms with van der Waals surface area (Å²) in [5, 5.41) is 0. The summed E-state index contributed by atoms with van der Waals surface area (Å²) in [5.74, 6) is -1.57. The number of carbonyl (C=O) groups is 2. The van der Waals surface area contributed by atoms with Gasteiger partial charge in [0, 0.05) is 27.2 Å². The Kier molecular flexibility index (Phi) is 7.13. The molecule has 2 unspecified atom stereocenters. The highest BCUT2D eigenvalue weighted by Gasteiger charge is 2.31. The maximum atomic E-state index is 13.0. The van der Waals surface area contributed by atoms with E-state index in [9.17, 15) is 27.6 Å². The zero-order valence-electron chi connectivity index (χ0n) is 19.5. The minimum atomic E-state index is -3.71. The summed E-state index contributed by atoms with van der Waals surface area (Å²) in [6, 6.07) is 5.24. The van der Waals surface area contributed by atoms with E-state index < -0.39 is 45.2 Å². The Balaban J connectivity index is 1.72. The second-order valence-corrected chi connectivity index (χ2v) is 10.7. The SMILES string of the molecule is CC1CC(C)CN(S(=O)(=O)c2ccc(C(=O)OCC(=O)c3c(N)n(C)c(=O)n(C)c3=O)cc2)C1. The van der Waals surface area contributed by atoms with E-state index in [-0.39, 0.29) is 28.1 Å². The van der Waals surface area contributed by atoms with Crippen molar-refractivity contribution in [2.75, 3.05) is 25.4 Å². The highest BCUT2D eigenvalue weighted by Crippen LogP contribution is 2.26. The predicted molar refractivity (Wildman–Crippen MR) is 124 cm³/mol. The van der Waals surface area contributed by atoms with Gasteiger partial charge < -0.3 is 10.5 Å². The van der Waals surface area contributed by atoms with E-state index in [1.54, 1.807) is 0 Å². The van der Waals surface area contributed by atoms with E-state index in [0.29, 0.717) is 13.1 Å². The van der Waals surface area contributed by atoms with Gasteiger partial charge >= 0.3 is 11.7 Å². The number of sulfonamides is 1. The molecule has 1 aliphatic rings. The lowest BCUT2D eigenvalue weighted by Crippen LogP contribution is -2.42. The second-order valence-electron chi connectivity index (χ2n) is 8.76. The fourth-order valence-corrected chi connectivity index (χ4v) is 5.80. The molecule has 2 heterocycles. The molecule has 2 N–H and O–H groups in total. The van der Waals surface area contributed by atoms with E-state index in [2.05, 4.69) is 0 Å². The number of esters is 1. The molecule has 0 spiro atoms. The smallest absolute Gasteiger partial charge is 0.338 e. The first-order chi connectivity index (χ1) is 15.8. The number of benzene rings is 1. The molecule has 1 aromatic heterocycles. The molecule has 2 aromatic rings. The molecule has 0 bridgehead atoms. The Morgan fingerprint density at radius 2 is 1.59 bits per heavy atom. The van der Waals surface area contributed by atoms with Crippen molar-refractivity contribution in [3.8, 4) is 0 Å².